The zero-order valence-corrected chi connectivity index (χ0v) is 14.7. The van der Waals surface area contributed by atoms with Gasteiger partial charge in [-0.1, -0.05) is 35.3 Å². The molecule has 1 aliphatic heterocycles. The number of piperazine rings is 1. The second-order valence-electron chi connectivity index (χ2n) is 5.98. The lowest BCUT2D eigenvalue weighted by Gasteiger charge is -2.38. The van der Waals surface area contributed by atoms with Crippen molar-refractivity contribution in [2.24, 2.45) is 0 Å². The molecule has 0 bridgehead atoms. The molecule has 23 heavy (non-hydrogen) atoms. The molecular weight excluding hydrogens is 331 g/mol. The molecule has 0 aromatic heterocycles. The van der Waals surface area contributed by atoms with Gasteiger partial charge < -0.3 is 9.80 Å². The number of amides is 1. The Morgan fingerprint density at radius 1 is 1.09 bits per heavy atom. The summed E-state index contributed by atoms with van der Waals surface area (Å²) in [6.07, 6.45) is 6.68. The monoisotopic (exact) mass is 350 g/mol. The Morgan fingerprint density at radius 3 is 2.35 bits per heavy atom. The van der Waals surface area contributed by atoms with Gasteiger partial charge >= 0.3 is 0 Å². The summed E-state index contributed by atoms with van der Waals surface area (Å²) in [5, 5.41) is 0.831. The van der Waals surface area contributed by atoms with Gasteiger partial charge in [-0.2, -0.15) is 0 Å². The van der Waals surface area contributed by atoms with E-state index >= 15 is 0 Å². The molecular formula is C18H20Cl2N2O. The van der Waals surface area contributed by atoms with Gasteiger partial charge in [-0.25, -0.2) is 0 Å². The highest BCUT2D eigenvalue weighted by molar-refractivity contribution is 6.39. The number of rotatable bonds is 2. The highest BCUT2D eigenvalue weighted by Gasteiger charge is 2.26. The van der Waals surface area contributed by atoms with Crippen molar-refractivity contribution in [2.75, 3.05) is 26.2 Å². The SMILES string of the molecule is CC1=C(N2CCN(C(=O)c3c(Cl)cccc3Cl)CC2)C=CCC1. The van der Waals surface area contributed by atoms with Crippen LogP contribution in [0.2, 0.25) is 10.0 Å². The maximum absolute atomic E-state index is 12.7. The number of hydrogen-bond acceptors (Lipinski definition) is 2. The molecule has 0 unspecified atom stereocenters. The van der Waals surface area contributed by atoms with Crippen LogP contribution in [0.5, 0.6) is 0 Å². The molecule has 0 N–H and O–H groups in total. The first-order valence-electron chi connectivity index (χ1n) is 7.92. The van der Waals surface area contributed by atoms with Crippen molar-refractivity contribution in [1.29, 1.82) is 0 Å². The third-order valence-electron chi connectivity index (χ3n) is 4.48. The van der Waals surface area contributed by atoms with Crippen LogP contribution in [-0.4, -0.2) is 41.9 Å². The Morgan fingerprint density at radius 2 is 1.74 bits per heavy atom. The van der Waals surface area contributed by atoms with Gasteiger partial charge in [0.1, 0.15) is 0 Å². The molecule has 1 heterocycles. The lowest BCUT2D eigenvalue weighted by Crippen LogP contribution is -2.48. The lowest BCUT2D eigenvalue weighted by molar-refractivity contribution is 0.0672. The molecule has 122 valence electrons. The largest absolute Gasteiger partial charge is 0.368 e. The molecule has 1 aliphatic carbocycles. The minimum atomic E-state index is -0.0786. The van der Waals surface area contributed by atoms with Crippen LogP contribution in [0.25, 0.3) is 0 Å². The second kappa shape index (κ2) is 6.98. The Kier molecular flexibility index (Phi) is 4.98. The molecule has 1 aromatic carbocycles. The number of allylic oxidation sites excluding steroid dienone is 3. The molecule has 0 radical (unpaired) electrons. The van der Waals surface area contributed by atoms with Gasteiger partial charge in [-0.15, -0.1) is 0 Å². The van der Waals surface area contributed by atoms with E-state index in [0.717, 1.165) is 25.9 Å². The molecule has 0 atom stereocenters. The number of hydrogen-bond donors (Lipinski definition) is 0. The topological polar surface area (TPSA) is 23.6 Å². The van der Waals surface area contributed by atoms with E-state index in [0.29, 0.717) is 28.7 Å². The van der Waals surface area contributed by atoms with Crippen LogP contribution in [0.3, 0.4) is 0 Å². The number of carbonyl (C=O) groups excluding carboxylic acids is 1. The summed E-state index contributed by atoms with van der Waals surface area (Å²) in [4.78, 5) is 16.9. The molecule has 1 fully saturated rings. The Bertz CT molecular complexity index is 653. The molecule has 1 amide bonds. The van der Waals surface area contributed by atoms with E-state index in [9.17, 15) is 4.79 Å². The van der Waals surface area contributed by atoms with Crippen molar-refractivity contribution in [1.82, 2.24) is 9.80 Å². The minimum Gasteiger partial charge on any atom is -0.368 e. The Balaban J connectivity index is 1.70. The van der Waals surface area contributed by atoms with Crippen molar-refractivity contribution in [3.63, 3.8) is 0 Å². The zero-order chi connectivity index (χ0) is 16.4. The summed E-state index contributed by atoms with van der Waals surface area (Å²) in [5.74, 6) is -0.0786. The van der Waals surface area contributed by atoms with Crippen molar-refractivity contribution >= 4 is 29.1 Å². The van der Waals surface area contributed by atoms with Crippen LogP contribution >= 0.6 is 23.2 Å². The predicted molar refractivity (Wildman–Crippen MR) is 95.0 cm³/mol. The van der Waals surface area contributed by atoms with Crippen LogP contribution in [-0.2, 0) is 0 Å². The fourth-order valence-electron chi connectivity index (χ4n) is 3.15. The van der Waals surface area contributed by atoms with Gasteiger partial charge in [0.25, 0.3) is 5.91 Å². The van der Waals surface area contributed by atoms with Crippen LogP contribution in [0.15, 0.2) is 41.6 Å². The number of carbonyl (C=O) groups is 1. The summed E-state index contributed by atoms with van der Waals surface area (Å²) in [6.45, 7) is 5.24. The van der Waals surface area contributed by atoms with Crippen LogP contribution in [0.4, 0.5) is 0 Å². The van der Waals surface area contributed by atoms with Gasteiger partial charge in [0.2, 0.25) is 0 Å². The number of halogens is 2. The summed E-state index contributed by atoms with van der Waals surface area (Å²) < 4.78 is 0. The summed E-state index contributed by atoms with van der Waals surface area (Å²) in [7, 11) is 0. The Labute approximate surface area is 147 Å². The van der Waals surface area contributed by atoms with Crippen molar-refractivity contribution in [2.45, 2.75) is 19.8 Å². The average Bonchev–Trinajstić information content (AvgIpc) is 2.55. The first kappa shape index (κ1) is 16.4. The van der Waals surface area contributed by atoms with E-state index in [1.54, 1.807) is 18.2 Å². The van der Waals surface area contributed by atoms with Crippen molar-refractivity contribution < 1.29 is 4.79 Å². The highest BCUT2D eigenvalue weighted by Crippen LogP contribution is 2.27. The van der Waals surface area contributed by atoms with Crippen LogP contribution in [0.1, 0.15) is 30.1 Å². The molecule has 2 aliphatic rings. The molecule has 1 saturated heterocycles. The maximum Gasteiger partial charge on any atom is 0.257 e. The van der Waals surface area contributed by atoms with E-state index in [2.05, 4.69) is 24.0 Å². The van der Waals surface area contributed by atoms with Crippen molar-refractivity contribution in [3.05, 3.63) is 57.2 Å². The van der Waals surface area contributed by atoms with E-state index in [1.165, 1.54) is 11.3 Å². The van der Waals surface area contributed by atoms with E-state index in [4.69, 9.17) is 23.2 Å². The van der Waals surface area contributed by atoms with Crippen molar-refractivity contribution in [3.8, 4) is 0 Å². The maximum atomic E-state index is 12.7. The van der Waals surface area contributed by atoms with Gasteiger partial charge in [-0.3, -0.25) is 4.79 Å². The smallest absolute Gasteiger partial charge is 0.257 e. The third kappa shape index (κ3) is 3.41. The molecule has 5 heteroatoms. The lowest BCUT2D eigenvalue weighted by atomic mass is 10.0. The van der Waals surface area contributed by atoms with E-state index < -0.39 is 0 Å². The van der Waals surface area contributed by atoms with E-state index in [1.807, 2.05) is 4.90 Å². The fraction of sp³-hybridized carbons (Fsp3) is 0.389. The highest BCUT2D eigenvalue weighted by atomic mass is 35.5. The molecule has 3 rings (SSSR count). The van der Waals surface area contributed by atoms with Gasteiger partial charge in [-0.05, 0) is 43.5 Å². The Hall–Kier alpha value is -1.45. The number of benzene rings is 1. The number of nitrogens with zero attached hydrogens (tertiary/aromatic N) is 2. The quantitative estimate of drug-likeness (QED) is 0.790. The van der Waals surface area contributed by atoms with Gasteiger partial charge in [0, 0.05) is 31.9 Å². The molecule has 0 spiro atoms. The molecule has 3 nitrogen and oxygen atoms in total. The summed E-state index contributed by atoms with van der Waals surface area (Å²) in [5.41, 5.74) is 3.16. The molecule has 0 saturated carbocycles. The van der Waals surface area contributed by atoms with Gasteiger partial charge in [0.15, 0.2) is 0 Å². The van der Waals surface area contributed by atoms with Crippen LogP contribution < -0.4 is 0 Å². The fourth-order valence-corrected chi connectivity index (χ4v) is 3.71. The van der Waals surface area contributed by atoms with Crippen LogP contribution in [0, 0.1) is 0 Å². The minimum absolute atomic E-state index is 0.0786. The summed E-state index contributed by atoms with van der Waals surface area (Å²) in [6, 6.07) is 5.17. The van der Waals surface area contributed by atoms with E-state index in [-0.39, 0.29) is 5.91 Å². The predicted octanol–water partition coefficient (Wildman–Crippen LogP) is 4.38. The standard InChI is InChI=1S/C18H20Cl2N2O/c1-13-5-2-3-8-16(13)21-9-11-22(12-10-21)18(23)17-14(19)6-4-7-15(17)20/h3-4,6-8H,2,5,9-12H2,1H3. The normalized spacial score (nSPS) is 18.6. The average molecular weight is 351 g/mol. The first-order chi connectivity index (χ1) is 11.1. The van der Waals surface area contributed by atoms with Gasteiger partial charge in [0.05, 0.1) is 15.6 Å². The zero-order valence-electron chi connectivity index (χ0n) is 13.2. The molecule has 1 aromatic rings. The second-order valence-corrected chi connectivity index (χ2v) is 6.80. The third-order valence-corrected chi connectivity index (χ3v) is 5.11. The first-order valence-corrected chi connectivity index (χ1v) is 8.68. The summed E-state index contributed by atoms with van der Waals surface area (Å²) >= 11 is 12.3.